The van der Waals surface area contributed by atoms with E-state index in [1.165, 1.54) is 17.0 Å². The van der Waals surface area contributed by atoms with Crippen molar-refractivity contribution in [2.45, 2.75) is 6.54 Å². The largest absolute Gasteiger partial charge is 0.491 e. The van der Waals surface area contributed by atoms with Crippen molar-refractivity contribution in [2.24, 2.45) is 14.1 Å². The highest BCUT2D eigenvalue weighted by atomic mass is 16.2. The predicted octanol–water partition coefficient (Wildman–Crippen LogP) is 1.54. The average Bonchev–Trinajstić information content (AvgIpc) is 2.94. The summed E-state index contributed by atoms with van der Waals surface area (Å²) in [6.45, 7) is 0.510. The topological polar surface area (TPSA) is 50.0 Å². The maximum atomic E-state index is 12.6. The van der Waals surface area contributed by atoms with Crippen LogP contribution >= 0.6 is 0 Å². The smallest absolute Gasteiger partial charge is 0.261 e. The highest BCUT2D eigenvalue weighted by Crippen LogP contribution is 2.25. The van der Waals surface area contributed by atoms with Gasteiger partial charge in [-0.3, -0.25) is 9.36 Å². The summed E-state index contributed by atoms with van der Waals surface area (Å²) in [4.78, 5) is 24.8. The fourth-order valence-electron chi connectivity index (χ4n) is 3.35. The van der Waals surface area contributed by atoms with Crippen molar-refractivity contribution in [3.8, 4) is 0 Å². The second kappa shape index (κ2) is 5.40. The first kappa shape index (κ1) is 15.3. The van der Waals surface area contributed by atoms with Gasteiger partial charge in [0, 0.05) is 19.7 Å². The molecule has 6 nitrogen and oxygen atoms in total. The van der Waals surface area contributed by atoms with Gasteiger partial charge in [0.05, 0.1) is 0 Å². The zero-order valence-electron chi connectivity index (χ0n) is 14.4. The molecule has 124 valence electrons. The molecular weight excluding hydrogens is 316 g/mol. The van der Waals surface area contributed by atoms with Gasteiger partial charge in [0.15, 0.2) is 13.6 Å². The van der Waals surface area contributed by atoms with Gasteiger partial charge in [0.25, 0.3) is 0 Å². The van der Waals surface area contributed by atoms with Gasteiger partial charge in [0.2, 0.25) is 0 Å². The first-order valence-electron chi connectivity index (χ1n) is 8.02. The van der Waals surface area contributed by atoms with Crippen LogP contribution in [-0.2, 0) is 20.6 Å². The molecule has 6 heteroatoms. The Morgan fingerprint density at radius 3 is 2.48 bits per heavy atom. The molecule has 0 saturated carbocycles. The second-order valence-corrected chi connectivity index (χ2v) is 6.30. The Morgan fingerprint density at radius 2 is 1.72 bits per heavy atom. The van der Waals surface area contributed by atoms with Gasteiger partial charge in [-0.15, -0.1) is 0 Å². The lowest BCUT2D eigenvalue weighted by molar-refractivity contribution is -0.468. The van der Waals surface area contributed by atoms with E-state index in [-0.39, 0.29) is 11.2 Å². The molecule has 1 aliphatic heterocycles. The molecular formula is C19H18N4O2+2. The third-order valence-electron chi connectivity index (χ3n) is 4.62. The zero-order chi connectivity index (χ0) is 17.7. The first-order chi connectivity index (χ1) is 12.0. The summed E-state index contributed by atoms with van der Waals surface area (Å²) in [5, 5.41) is 2.33. The highest BCUT2D eigenvalue weighted by Gasteiger charge is 2.39. The minimum Gasteiger partial charge on any atom is -0.261 e. The Morgan fingerprint density at radius 1 is 1.00 bits per heavy atom. The molecule has 0 radical (unpaired) electrons. The molecule has 0 N–H and O–H groups in total. The molecule has 0 atom stereocenters. The van der Waals surface area contributed by atoms with E-state index >= 15 is 0 Å². The van der Waals surface area contributed by atoms with Crippen molar-refractivity contribution >= 4 is 28.3 Å². The fourth-order valence-corrected chi connectivity index (χ4v) is 3.35. The van der Waals surface area contributed by atoms with Crippen molar-refractivity contribution < 1.29 is 9.15 Å². The van der Waals surface area contributed by atoms with E-state index in [9.17, 15) is 9.59 Å². The second-order valence-electron chi connectivity index (χ2n) is 6.30. The van der Waals surface area contributed by atoms with Crippen LogP contribution in [0.3, 0.4) is 0 Å². The van der Waals surface area contributed by atoms with Crippen LogP contribution in [0.1, 0.15) is 5.56 Å². The quantitative estimate of drug-likeness (QED) is 0.668. The molecule has 0 bridgehead atoms. The molecule has 0 spiro atoms. The minimum atomic E-state index is -0.343. The molecule has 2 heterocycles. The summed E-state index contributed by atoms with van der Waals surface area (Å²) in [5.41, 5.74) is 0.893. The van der Waals surface area contributed by atoms with Crippen molar-refractivity contribution in [1.29, 1.82) is 0 Å². The molecule has 25 heavy (non-hydrogen) atoms. The molecule has 0 aliphatic carbocycles. The third-order valence-corrected chi connectivity index (χ3v) is 4.62. The minimum absolute atomic E-state index is 0.310. The standard InChI is InChI=1S/C19H18N4O2/c1-20-12-23(16-17(20)21(2)19(25)22(3)18(16)24)11-13-8-9-14-6-4-5-7-15(14)10-13/h4-10H,11H2,1-3H3/q+2. The van der Waals surface area contributed by atoms with Crippen LogP contribution in [-0.4, -0.2) is 31.3 Å². The molecule has 2 aromatic carbocycles. The molecule has 3 aromatic rings. The lowest BCUT2D eigenvalue weighted by Gasteiger charge is -2.03. The monoisotopic (exact) mass is 334 g/mol. The molecule has 4 rings (SSSR count). The highest BCUT2D eigenvalue weighted by molar-refractivity contribution is 5.82. The van der Waals surface area contributed by atoms with E-state index in [0.717, 1.165) is 15.5 Å². The van der Waals surface area contributed by atoms with Gasteiger partial charge in [0.1, 0.15) is 0 Å². The summed E-state index contributed by atoms with van der Waals surface area (Å²) in [7, 11) is 4.95. The zero-order valence-corrected chi connectivity index (χ0v) is 14.4. The Kier molecular flexibility index (Phi) is 3.30. The maximum Gasteiger partial charge on any atom is 0.491 e. The van der Waals surface area contributed by atoms with E-state index in [1.54, 1.807) is 23.2 Å². The van der Waals surface area contributed by atoms with Crippen molar-refractivity contribution in [1.82, 2.24) is 9.13 Å². The number of hydrogen-bond donors (Lipinski definition) is 0. The number of hydrogen-bond acceptors (Lipinski definition) is 2. The van der Waals surface area contributed by atoms with Crippen molar-refractivity contribution in [3.63, 3.8) is 0 Å². The maximum absolute atomic E-state index is 12.6. The lowest BCUT2D eigenvalue weighted by atomic mass is 10.1. The van der Waals surface area contributed by atoms with Crippen LogP contribution in [0, 0.1) is 0 Å². The lowest BCUT2D eigenvalue weighted by Crippen LogP contribution is -2.38. The third kappa shape index (κ3) is 2.27. The van der Waals surface area contributed by atoms with Crippen LogP contribution < -0.4 is 11.2 Å². The van der Waals surface area contributed by atoms with Gasteiger partial charge in [-0.1, -0.05) is 45.5 Å². The Labute approximate surface area is 143 Å². The van der Waals surface area contributed by atoms with E-state index in [0.29, 0.717) is 18.1 Å². The van der Waals surface area contributed by atoms with Crippen molar-refractivity contribution in [3.05, 3.63) is 68.9 Å². The average molecular weight is 334 g/mol. The fraction of sp³-hybridized carbons (Fsp3) is 0.211. The SMILES string of the molecule is Cn1c2c(c(=O)n(C)c1=O)[N+](Cc1ccc3ccccc3c1)=C=[N+]2C. The Balaban J connectivity index is 1.85. The van der Waals surface area contributed by atoms with Gasteiger partial charge < -0.3 is 0 Å². The van der Waals surface area contributed by atoms with Gasteiger partial charge >= 0.3 is 28.8 Å². The number of nitrogens with zero attached hydrogens (tertiary/aromatic N) is 4. The number of fused-ring (bicyclic) bond motifs is 2. The summed E-state index contributed by atoms with van der Waals surface area (Å²) < 4.78 is 6.08. The van der Waals surface area contributed by atoms with Crippen LogP contribution in [0.5, 0.6) is 0 Å². The van der Waals surface area contributed by atoms with Crippen LogP contribution in [0.2, 0.25) is 0 Å². The number of benzene rings is 2. The predicted molar refractivity (Wildman–Crippen MR) is 95.3 cm³/mol. The molecule has 1 aromatic heterocycles. The summed E-state index contributed by atoms with van der Waals surface area (Å²) in [6.07, 6.45) is 0. The van der Waals surface area contributed by atoms with E-state index in [1.807, 2.05) is 12.1 Å². The Hall–Kier alpha value is -3.24. The molecule has 1 aliphatic rings. The molecule has 0 fully saturated rings. The number of aromatic nitrogens is 2. The summed E-state index contributed by atoms with van der Waals surface area (Å²) in [5.74, 6) is 0.564. The summed E-state index contributed by atoms with van der Waals surface area (Å²) >= 11 is 0. The van der Waals surface area contributed by atoms with Gasteiger partial charge in [-0.25, -0.2) is 9.36 Å². The number of rotatable bonds is 2. The normalized spacial score (nSPS) is 12.9. The first-order valence-corrected chi connectivity index (χ1v) is 8.02. The van der Waals surface area contributed by atoms with Crippen LogP contribution in [0.15, 0.2) is 52.1 Å². The summed E-state index contributed by atoms with van der Waals surface area (Å²) in [6, 6.07) is 17.5. The molecule has 0 amide bonds. The van der Waals surface area contributed by atoms with E-state index in [4.69, 9.17) is 0 Å². The van der Waals surface area contributed by atoms with Crippen LogP contribution in [0.25, 0.3) is 10.8 Å². The van der Waals surface area contributed by atoms with Crippen molar-refractivity contribution in [2.75, 3.05) is 7.05 Å². The van der Waals surface area contributed by atoms with E-state index < -0.39 is 0 Å². The molecule has 0 saturated heterocycles. The van der Waals surface area contributed by atoms with Gasteiger partial charge in [-0.2, -0.15) is 0 Å². The van der Waals surface area contributed by atoms with Gasteiger partial charge in [-0.05, 0) is 16.8 Å². The Bertz CT molecular complexity index is 1220. The molecule has 0 unspecified atom stereocenters. The van der Waals surface area contributed by atoms with E-state index in [2.05, 4.69) is 36.3 Å². The van der Waals surface area contributed by atoms with Crippen LogP contribution in [0.4, 0.5) is 11.5 Å².